The molecule has 2 atom stereocenters. The van der Waals surface area contributed by atoms with Crippen LogP contribution in [0.25, 0.3) is 0 Å². The van der Waals surface area contributed by atoms with Gasteiger partial charge in [0.2, 0.25) is 0 Å². The molecule has 1 aliphatic rings. The Balaban J connectivity index is 2.12. The van der Waals surface area contributed by atoms with Gasteiger partial charge in [-0.3, -0.25) is 0 Å². The van der Waals surface area contributed by atoms with E-state index in [4.69, 9.17) is 9.47 Å². The monoisotopic (exact) mass is 380 g/mol. The average Bonchev–Trinajstić information content (AvgIpc) is 2.64. The molecule has 142 valence electrons. The molecule has 0 aromatic heterocycles. The maximum atomic E-state index is 11.0. The molecule has 2 unspecified atom stereocenters. The van der Waals surface area contributed by atoms with Gasteiger partial charge in [-0.2, -0.15) is 12.6 Å². The highest BCUT2D eigenvalue weighted by molar-refractivity contribution is 7.80. The van der Waals surface area contributed by atoms with Crippen molar-refractivity contribution in [1.29, 1.82) is 0 Å². The summed E-state index contributed by atoms with van der Waals surface area (Å²) in [7, 11) is 0. The normalized spacial score (nSPS) is 20.9. The van der Waals surface area contributed by atoms with Gasteiger partial charge in [0.25, 0.3) is 0 Å². The molecule has 1 aromatic rings. The zero-order valence-corrected chi connectivity index (χ0v) is 15.3. The fourth-order valence-electron chi connectivity index (χ4n) is 2.74. The summed E-state index contributed by atoms with van der Waals surface area (Å²) in [5, 5.41) is 30.7. The molecule has 0 heterocycles. The molecule has 0 aliphatic heterocycles. The highest BCUT2D eigenvalue weighted by atomic mass is 32.1. The Morgan fingerprint density at radius 2 is 2.04 bits per heavy atom. The van der Waals surface area contributed by atoms with Gasteiger partial charge in [-0.15, -0.1) is 0 Å². The van der Waals surface area contributed by atoms with Crippen LogP contribution in [-0.4, -0.2) is 53.3 Å². The molecule has 26 heavy (non-hydrogen) atoms. The number of aliphatic hydroxyl groups is 3. The Kier molecular flexibility index (Phi) is 7.71. The highest BCUT2D eigenvalue weighted by Crippen LogP contribution is 2.39. The molecule has 7 heteroatoms. The third kappa shape index (κ3) is 5.35. The summed E-state index contributed by atoms with van der Waals surface area (Å²) in [6.45, 7) is 1.26. The van der Waals surface area contributed by atoms with Crippen LogP contribution in [0.1, 0.15) is 18.4 Å². The number of hydrogen-bond donors (Lipinski definition) is 4. The Morgan fingerprint density at radius 3 is 2.73 bits per heavy atom. The van der Waals surface area contributed by atoms with Crippen molar-refractivity contribution in [3.8, 4) is 5.75 Å². The number of hydrogen-bond acceptors (Lipinski definition) is 7. The van der Waals surface area contributed by atoms with Crippen LogP contribution in [0.5, 0.6) is 5.75 Å². The SMILES string of the molecule is O=CC(O)CC1=CCC(O)(c2ccccc2OCCOCCS)C=C1O. The van der Waals surface area contributed by atoms with Crippen molar-refractivity contribution in [2.24, 2.45) is 0 Å². The zero-order valence-electron chi connectivity index (χ0n) is 14.4. The third-order valence-electron chi connectivity index (χ3n) is 4.02. The first kappa shape index (κ1) is 20.5. The van der Waals surface area contributed by atoms with Gasteiger partial charge in [0.05, 0.1) is 13.2 Å². The van der Waals surface area contributed by atoms with Crippen LogP contribution in [0.4, 0.5) is 0 Å². The van der Waals surface area contributed by atoms with E-state index < -0.39 is 11.7 Å². The average molecular weight is 380 g/mol. The minimum Gasteiger partial charge on any atom is -0.508 e. The van der Waals surface area contributed by atoms with Crippen molar-refractivity contribution < 1.29 is 29.6 Å². The molecule has 1 aliphatic carbocycles. The first-order chi connectivity index (χ1) is 12.5. The van der Waals surface area contributed by atoms with Crippen molar-refractivity contribution in [3.63, 3.8) is 0 Å². The Labute approximate surface area is 158 Å². The van der Waals surface area contributed by atoms with E-state index in [9.17, 15) is 20.1 Å². The highest BCUT2D eigenvalue weighted by Gasteiger charge is 2.33. The topological polar surface area (TPSA) is 96.2 Å². The fourth-order valence-corrected chi connectivity index (χ4v) is 2.87. The van der Waals surface area contributed by atoms with Crippen LogP contribution < -0.4 is 4.74 Å². The van der Waals surface area contributed by atoms with Gasteiger partial charge in [0.1, 0.15) is 36.1 Å². The quantitative estimate of drug-likeness (QED) is 0.281. The van der Waals surface area contributed by atoms with Crippen LogP contribution in [0, 0.1) is 0 Å². The second-order valence-electron chi connectivity index (χ2n) is 5.98. The molecule has 0 amide bonds. The predicted octanol–water partition coefficient (Wildman–Crippen LogP) is 1.92. The molecule has 0 spiro atoms. The number of carbonyl (C=O) groups is 1. The number of aldehydes is 1. The largest absolute Gasteiger partial charge is 0.508 e. The molecular formula is C19H24O6S. The maximum Gasteiger partial charge on any atom is 0.148 e. The molecule has 0 fully saturated rings. The molecule has 0 radical (unpaired) electrons. The van der Waals surface area contributed by atoms with Gasteiger partial charge in [0.15, 0.2) is 0 Å². The smallest absolute Gasteiger partial charge is 0.148 e. The summed E-state index contributed by atoms with van der Waals surface area (Å²) < 4.78 is 11.0. The summed E-state index contributed by atoms with van der Waals surface area (Å²) in [5.41, 5.74) is -0.498. The number of para-hydroxylation sites is 1. The standard InChI is InChI=1S/C19H24O6S/c20-13-15(21)11-14-5-6-19(23,12-17(14)22)16-3-1-2-4-18(16)25-8-7-24-9-10-26/h1-5,12-13,15,21-23,26H,6-11H2. The minimum absolute atomic E-state index is 0.00252. The van der Waals surface area contributed by atoms with E-state index in [0.29, 0.717) is 48.7 Å². The molecule has 6 nitrogen and oxygen atoms in total. The van der Waals surface area contributed by atoms with E-state index in [1.54, 1.807) is 30.3 Å². The number of aliphatic hydroxyl groups excluding tert-OH is 2. The van der Waals surface area contributed by atoms with E-state index in [1.165, 1.54) is 6.08 Å². The van der Waals surface area contributed by atoms with Crippen LogP contribution in [0.3, 0.4) is 0 Å². The number of ether oxygens (including phenoxy) is 2. The molecule has 3 N–H and O–H groups in total. The van der Waals surface area contributed by atoms with Gasteiger partial charge in [-0.1, -0.05) is 24.3 Å². The first-order valence-electron chi connectivity index (χ1n) is 8.38. The van der Waals surface area contributed by atoms with Gasteiger partial charge in [-0.25, -0.2) is 0 Å². The molecule has 2 rings (SSSR count). The van der Waals surface area contributed by atoms with Crippen molar-refractivity contribution >= 4 is 18.9 Å². The van der Waals surface area contributed by atoms with Crippen LogP contribution in [0.15, 0.2) is 47.7 Å². The Hall–Kier alpha value is -1.80. The lowest BCUT2D eigenvalue weighted by Gasteiger charge is -2.30. The van der Waals surface area contributed by atoms with Crippen LogP contribution in [0.2, 0.25) is 0 Å². The second kappa shape index (κ2) is 9.78. The summed E-state index contributed by atoms with van der Waals surface area (Å²) in [5.74, 6) is 0.971. The summed E-state index contributed by atoms with van der Waals surface area (Å²) in [4.78, 5) is 10.6. The van der Waals surface area contributed by atoms with E-state index >= 15 is 0 Å². The number of benzene rings is 1. The summed E-state index contributed by atoms with van der Waals surface area (Å²) in [6.07, 6.45) is 2.36. The zero-order chi connectivity index (χ0) is 19.0. The molecule has 0 saturated heterocycles. The maximum absolute atomic E-state index is 11.0. The number of allylic oxidation sites excluding steroid dienone is 1. The van der Waals surface area contributed by atoms with Crippen molar-refractivity contribution in [2.75, 3.05) is 25.6 Å². The summed E-state index contributed by atoms with van der Waals surface area (Å²) in [6, 6.07) is 7.04. The number of rotatable bonds is 10. The van der Waals surface area contributed by atoms with Crippen molar-refractivity contribution in [3.05, 3.63) is 53.3 Å². The van der Waals surface area contributed by atoms with E-state index in [1.807, 2.05) is 0 Å². The first-order valence-corrected chi connectivity index (χ1v) is 9.01. The van der Waals surface area contributed by atoms with Gasteiger partial charge in [0, 0.05) is 24.2 Å². The molecule has 1 aromatic carbocycles. The molecule has 0 saturated carbocycles. The fraction of sp³-hybridized carbons (Fsp3) is 0.421. The van der Waals surface area contributed by atoms with E-state index in [-0.39, 0.29) is 18.6 Å². The molecule has 0 bridgehead atoms. The summed E-state index contributed by atoms with van der Waals surface area (Å²) >= 11 is 4.06. The second-order valence-corrected chi connectivity index (χ2v) is 6.42. The lowest BCUT2D eigenvalue weighted by Crippen LogP contribution is -2.27. The van der Waals surface area contributed by atoms with E-state index in [0.717, 1.165) is 0 Å². The number of thiol groups is 1. The Morgan fingerprint density at radius 1 is 1.27 bits per heavy atom. The van der Waals surface area contributed by atoms with Gasteiger partial charge in [-0.05, 0) is 17.7 Å². The third-order valence-corrected chi connectivity index (χ3v) is 4.21. The van der Waals surface area contributed by atoms with Crippen LogP contribution in [-0.2, 0) is 15.1 Å². The van der Waals surface area contributed by atoms with Crippen LogP contribution >= 0.6 is 12.6 Å². The van der Waals surface area contributed by atoms with Crippen molar-refractivity contribution in [1.82, 2.24) is 0 Å². The van der Waals surface area contributed by atoms with E-state index in [2.05, 4.69) is 12.6 Å². The van der Waals surface area contributed by atoms with Crippen molar-refractivity contribution in [2.45, 2.75) is 24.5 Å². The molecular weight excluding hydrogens is 356 g/mol. The van der Waals surface area contributed by atoms with Gasteiger partial charge < -0.3 is 29.6 Å². The minimum atomic E-state index is -1.44. The van der Waals surface area contributed by atoms with Gasteiger partial charge >= 0.3 is 0 Å². The Bertz CT molecular complexity index is 672. The predicted molar refractivity (Wildman–Crippen MR) is 101 cm³/mol. The lowest BCUT2D eigenvalue weighted by molar-refractivity contribution is -0.114. The number of carbonyl (C=O) groups excluding carboxylic acids is 1. The lowest BCUT2D eigenvalue weighted by atomic mass is 9.83.